The van der Waals surface area contributed by atoms with E-state index in [-0.39, 0.29) is 106 Å². The van der Waals surface area contributed by atoms with E-state index in [9.17, 15) is 19.2 Å². The number of rotatable bonds is 8. The smallest absolute Gasteiger partial charge is 0.857 e. The normalized spacial score (nSPS) is 7.17. The number of hydrogen-bond acceptors (Lipinski definition) is 10. The number of hydrogen-bond donors (Lipinski definition) is 1. The third-order valence-electron chi connectivity index (χ3n) is 1.80. The molecule has 10 nitrogen and oxygen atoms in total. The number of carbonyl (C=O) groups is 4. The van der Waals surface area contributed by atoms with Crippen LogP contribution >= 0.6 is 0 Å². The minimum absolute atomic E-state index is 0. The van der Waals surface area contributed by atoms with E-state index in [0.717, 1.165) is 14.2 Å². The quantitative estimate of drug-likeness (QED) is 0.166. The summed E-state index contributed by atoms with van der Waals surface area (Å²) >= 11 is 0. The summed E-state index contributed by atoms with van der Waals surface area (Å²) in [5.74, 6) is -2.14. The van der Waals surface area contributed by atoms with E-state index in [2.05, 4.69) is 18.9 Å². The molecule has 0 aromatic rings. The van der Waals surface area contributed by atoms with Crippen molar-refractivity contribution < 1.29 is 107 Å². The zero-order valence-electron chi connectivity index (χ0n) is 18.4. The van der Waals surface area contributed by atoms with Gasteiger partial charge in [0.1, 0.15) is 12.8 Å². The molecule has 0 unspecified atom stereocenters. The summed E-state index contributed by atoms with van der Waals surface area (Å²) < 4.78 is 18.1. The molecular weight excluding hydrogens is 410 g/mol. The van der Waals surface area contributed by atoms with Gasteiger partial charge >= 0.3 is 83.0 Å². The summed E-state index contributed by atoms with van der Waals surface area (Å²) in [5, 5.41) is 15.2. The molecule has 29 heavy (non-hydrogen) atoms. The van der Waals surface area contributed by atoms with Crippen molar-refractivity contribution in [3.63, 3.8) is 0 Å². The Morgan fingerprint density at radius 1 is 0.586 bits per heavy atom. The summed E-state index contributed by atoms with van der Waals surface area (Å²) in [6.07, 6.45) is -0.580. The van der Waals surface area contributed by atoms with E-state index < -0.39 is 23.9 Å². The molecule has 0 aliphatic heterocycles. The van der Waals surface area contributed by atoms with Gasteiger partial charge < -0.3 is 29.2 Å². The van der Waals surface area contributed by atoms with Crippen LogP contribution in [-0.4, -0.2) is 69.6 Å². The Balaban J connectivity index is -0.0000000521. The molecule has 164 valence electrons. The average molecular weight is 445 g/mol. The van der Waals surface area contributed by atoms with Crippen molar-refractivity contribution in [3.05, 3.63) is 0 Å². The first-order valence-corrected chi connectivity index (χ1v) is 7.89. The SMILES string of the molecule is C.CCOC(=O)CC(=O)OCC.CCOC(=O)CC(=O)OCC.CO.C[O-].[Na+].[Na+]. The summed E-state index contributed by atoms with van der Waals surface area (Å²) in [4.78, 5) is 42.4. The van der Waals surface area contributed by atoms with Gasteiger partial charge in [0, 0.05) is 7.11 Å². The molecule has 0 amide bonds. The first-order valence-electron chi connectivity index (χ1n) is 7.89. The van der Waals surface area contributed by atoms with Crippen LogP contribution in [0.3, 0.4) is 0 Å². The molecular formula is C17H35Na2O10+. The molecule has 0 aliphatic carbocycles. The van der Waals surface area contributed by atoms with Gasteiger partial charge in [0.05, 0.1) is 26.4 Å². The molecule has 0 rings (SSSR count). The fourth-order valence-corrected chi connectivity index (χ4v) is 1.08. The Morgan fingerprint density at radius 3 is 0.828 bits per heavy atom. The van der Waals surface area contributed by atoms with Gasteiger partial charge in [-0.1, -0.05) is 7.43 Å². The van der Waals surface area contributed by atoms with Crippen LogP contribution in [0.1, 0.15) is 48.0 Å². The first-order chi connectivity index (χ1) is 12.4. The van der Waals surface area contributed by atoms with Crippen LogP contribution in [0.2, 0.25) is 0 Å². The van der Waals surface area contributed by atoms with E-state index in [0.29, 0.717) is 0 Å². The van der Waals surface area contributed by atoms with Crippen LogP contribution in [0.5, 0.6) is 0 Å². The number of carbonyl (C=O) groups excluding carboxylic acids is 4. The summed E-state index contributed by atoms with van der Waals surface area (Å²) in [5.41, 5.74) is 0. The minimum Gasteiger partial charge on any atom is -0.857 e. The monoisotopic (exact) mass is 445 g/mol. The van der Waals surface area contributed by atoms with Gasteiger partial charge in [-0.25, -0.2) is 0 Å². The Labute approximate surface area is 218 Å². The van der Waals surface area contributed by atoms with E-state index >= 15 is 0 Å². The van der Waals surface area contributed by atoms with Gasteiger partial charge in [-0.05, 0) is 27.7 Å². The van der Waals surface area contributed by atoms with Crippen LogP contribution in [0, 0.1) is 0 Å². The first kappa shape index (κ1) is 46.8. The van der Waals surface area contributed by atoms with Crippen molar-refractivity contribution in [2.45, 2.75) is 48.0 Å². The molecule has 0 bridgehead atoms. The minimum atomic E-state index is -0.536. The molecule has 0 radical (unpaired) electrons. The number of aliphatic hydroxyl groups is 1. The molecule has 12 heteroatoms. The molecule has 0 saturated carbocycles. The Morgan fingerprint density at radius 2 is 0.724 bits per heavy atom. The Kier molecular flexibility index (Phi) is 67.9. The van der Waals surface area contributed by atoms with Crippen LogP contribution in [0.15, 0.2) is 0 Å². The predicted octanol–water partition coefficient (Wildman–Crippen LogP) is -5.77. The van der Waals surface area contributed by atoms with Gasteiger partial charge in [0.2, 0.25) is 0 Å². The second-order valence-corrected chi connectivity index (χ2v) is 3.57. The average Bonchev–Trinajstić information content (AvgIpc) is 2.59. The van der Waals surface area contributed by atoms with Crippen molar-refractivity contribution in [1.29, 1.82) is 0 Å². The van der Waals surface area contributed by atoms with E-state index in [1.807, 2.05) is 0 Å². The van der Waals surface area contributed by atoms with Crippen LogP contribution in [0.4, 0.5) is 0 Å². The summed E-state index contributed by atoms with van der Waals surface area (Å²) in [7, 11) is 1.75. The molecule has 0 heterocycles. The van der Waals surface area contributed by atoms with Gasteiger partial charge in [-0.3, -0.25) is 19.2 Å². The summed E-state index contributed by atoms with van der Waals surface area (Å²) in [6.45, 7) is 7.89. The van der Waals surface area contributed by atoms with E-state index in [1.54, 1.807) is 27.7 Å². The second-order valence-electron chi connectivity index (χ2n) is 3.57. The van der Waals surface area contributed by atoms with Crippen molar-refractivity contribution in [3.8, 4) is 0 Å². The van der Waals surface area contributed by atoms with E-state index in [1.165, 1.54) is 0 Å². The molecule has 0 spiro atoms. The van der Waals surface area contributed by atoms with E-state index in [4.69, 9.17) is 10.2 Å². The van der Waals surface area contributed by atoms with Crippen molar-refractivity contribution in [2.24, 2.45) is 0 Å². The van der Waals surface area contributed by atoms with Crippen molar-refractivity contribution in [2.75, 3.05) is 40.6 Å². The zero-order chi connectivity index (χ0) is 21.4. The predicted molar refractivity (Wildman–Crippen MR) is 96.6 cm³/mol. The molecule has 0 aromatic carbocycles. The number of esters is 4. The topological polar surface area (TPSA) is 148 Å². The maximum absolute atomic E-state index is 10.6. The van der Waals surface area contributed by atoms with Crippen LogP contribution in [0.25, 0.3) is 0 Å². The van der Waals surface area contributed by atoms with Gasteiger partial charge in [-0.2, -0.15) is 7.11 Å². The standard InChI is InChI=1S/2C7H12O4.CH4O.CH3O.CH4.2Na/c2*1-3-10-6(8)5-7(9)11-4-2;2*1-2;;;/h2*3-5H2,1-2H3;2H,1H3;1H3;1H4;;/q;;;-1;;2*+1. The van der Waals surface area contributed by atoms with Crippen molar-refractivity contribution >= 4 is 23.9 Å². The number of aliphatic hydroxyl groups excluding tert-OH is 1. The van der Waals surface area contributed by atoms with Gasteiger partial charge in [-0.15, -0.1) is 0 Å². The molecule has 0 fully saturated rings. The molecule has 0 aliphatic rings. The fourth-order valence-electron chi connectivity index (χ4n) is 1.08. The maximum Gasteiger partial charge on any atom is 1.00 e. The molecule has 0 aromatic heterocycles. The number of ether oxygens (including phenoxy) is 4. The largest absolute Gasteiger partial charge is 1.00 e. The van der Waals surface area contributed by atoms with Gasteiger partial charge in [0.15, 0.2) is 0 Å². The Bertz CT molecular complexity index is 300. The molecule has 0 saturated heterocycles. The fraction of sp³-hybridized carbons (Fsp3) is 0.765. The zero-order valence-corrected chi connectivity index (χ0v) is 22.4. The Hall–Kier alpha value is -0.200. The van der Waals surface area contributed by atoms with Crippen molar-refractivity contribution in [1.82, 2.24) is 0 Å². The van der Waals surface area contributed by atoms with Crippen LogP contribution in [-0.2, 0) is 38.1 Å². The maximum atomic E-state index is 10.6. The third kappa shape index (κ3) is 47.2. The molecule has 1 N–H and O–H groups in total. The summed E-state index contributed by atoms with van der Waals surface area (Å²) in [6, 6.07) is 0. The third-order valence-corrected chi connectivity index (χ3v) is 1.80. The van der Waals surface area contributed by atoms with Crippen LogP contribution < -0.4 is 64.2 Å². The molecule has 0 atom stereocenters. The van der Waals surface area contributed by atoms with Gasteiger partial charge in [0.25, 0.3) is 0 Å². The second kappa shape index (κ2) is 42.0.